The quantitative estimate of drug-likeness (QED) is 0.195. The normalized spacial score (nSPS) is 14.7. The maximum Gasteiger partial charge on any atom is 0.131 e. The van der Waals surface area contributed by atoms with E-state index in [9.17, 15) is 0 Å². The number of fused-ring (bicyclic) bond motifs is 5. The van der Waals surface area contributed by atoms with Crippen LogP contribution < -0.4 is 4.74 Å². The Morgan fingerprint density at radius 1 is 0.383 bits per heavy atom. The molecule has 0 saturated carbocycles. The third-order valence-corrected chi connectivity index (χ3v) is 10.4. The highest BCUT2D eigenvalue weighted by atomic mass is 16.5. The van der Waals surface area contributed by atoms with Crippen molar-refractivity contribution < 1.29 is 4.74 Å². The molecule has 1 nitrogen and oxygen atoms in total. The van der Waals surface area contributed by atoms with Crippen LogP contribution in [0.5, 0.6) is 11.5 Å². The van der Waals surface area contributed by atoms with E-state index in [4.69, 9.17) is 4.74 Å². The molecule has 0 saturated heterocycles. The molecule has 0 amide bonds. The van der Waals surface area contributed by atoms with Gasteiger partial charge in [0, 0.05) is 16.5 Å². The fraction of sp³-hybridized carbons (Fsp3) is 0.0870. The molecule has 47 heavy (non-hydrogen) atoms. The van der Waals surface area contributed by atoms with Crippen LogP contribution in [0.15, 0.2) is 170 Å². The third-order valence-electron chi connectivity index (χ3n) is 10.4. The monoisotopic (exact) mass is 602 g/mol. The first-order valence-electron chi connectivity index (χ1n) is 16.4. The molecular formula is C46H34O. The van der Waals surface area contributed by atoms with Crippen LogP contribution in [0.2, 0.25) is 0 Å². The fourth-order valence-corrected chi connectivity index (χ4v) is 8.20. The average molecular weight is 603 g/mol. The van der Waals surface area contributed by atoms with Crippen molar-refractivity contribution in [3.05, 3.63) is 203 Å². The van der Waals surface area contributed by atoms with Crippen LogP contribution in [0, 0.1) is 0 Å². The molecule has 7 aromatic carbocycles. The fourth-order valence-electron chi connectivity index (χ4n) is 8.20. The van der Waals surface area contributed by atoms with Gasteiger partial charge in [-0.2, -0.15) is 0 Å². The van der Waals surface area contributed by atoms with Crippen LogP contribution in [0.4, 0.5) is 0 Å². The standard InChI is InChI=1S/C46H34O/c1-45(2)39-21-11-12-23-42(39)47-43-29-28-33(30-41(43)45)31-24-26-32(27-25-31)36-19-13-22-40-44(36)37-18-9-10-20-38(37)46(40,34-14-5-3-6-15-34)35-16-7-4-8-17-35/h3-30H,1-2H3. The van der Waals surface area contributed by atoms with E-state index < -0.39 is 5.41 Å². The van der Waals surface area contributed by atoms with Gasteiger partial charge in [0.15, 0.2) is 0 Å². The van der Waals surface area contributed by atoms with Crippen LogP contribution >= 0.6 is 0 Å². The molecule has 224 valence electrons. The van der Waals surface area contributed by atoms with E-state index >= 15 is 0 Å². The van der Waals surface area contributed by atoms with Crippen LogP contribution in [0.3, 0.4) is 0 Å². The zero-order valence-electron chi connectivity index (χ0n) is 26.6. The maximum absolute atomic E-state index is 6.33. The molecule has 2 aliphatic rings. The summed E-state index contributed by atoms with van der Waals surface area (Å²) in [6.07, 6.45) is 0. The van der Waals surface area contributed by atoms with Crippen LogP contribution in [-0.4, -0.2) is 0 Å². The minimum absolute atomic E-state index is 0.151. The summed E-state index contributed by atoms with van der Waals surface area (Å²) < 4.78 is 6.33. The van der Waals surface area contributed by atoms with E-state index in [1.807, 2.05) is 6.07 Å². The van der Waals surface area contributed by atoms with E-state index in [2.05, 4.69) is 178 Å². The van der Waals surface area contributed by atoms with Gasteiger partial charge in [-0.1, -0.05) is 166 Å². The molecule has 0 radical (unpaired) electrons. The first-order chi connectivity index (χ1) is 23.1. The minimum atomic E-state index is -0.402. The van der Waals surface area contributed by atoms with Crippen molar-refractivity contribution in [3.8, 4) is 44.9 Å². The van der Waals surface area contributed by atoms with Crippen LogP contribution in [0.1, 0.15) is 47.2 Å². The molecule has 0 unspecified atom stereocenters. The van der Waals surface area contributed by atoms with Gasteiger partial charge in [-0.25, -0.2) is 0 Å². The van der Waals surface area contributed by atoms with Crippen LogP contribution in [-0.2, 0) is 10.8 Å². The smallest absolute Gasteiger partial charge is 0.131 e. The van der Waals surface area contributed by atoms with Gasteiger partial charge in [0.25, 0.3) is 0 Å². The number of rotatable bonds is 4. The summed E-state index contributed by atoms with van der Waals surface area (Å²) >= 11 is 0. The molecule has 0 aromatic heterocycles. The Balaban J connectivity index is 1.17. The van der Waals surface area contributed by atoms with Crippen molar-refractivity contribution in [2.24, 2.45) is 0 Å². The van der Waals surface area contributed by atoms with E-state index in [0.717, 1.165) is 11.5 Å². The van der Waals surface area contributed by atoms with E-state index in [0.29, 0.717) is 0 Å². The Morgan fingerprint density at radius 3 is 1.64 bits per heavy atom. The van der Waals surface area contributed by atoms with Crippen molar-refractivity contribution in [2.75, 3.05) is 0 Å². The average Bonchev–Trinajstić information content (AvgIpc) is 3.44. The Kier molecular flexibility index (Phi) is 6.14. The summed E-state index contributed by atoms with van der Waals surface area (Å²) in [5.41, 5.74) is 14.6. The Morgan fingerprint density at radius 2 is 0.915 bits per heavy atom. The van der Waals surface area contributed by atoms with Crippen molar-refractivity contribution >= 4 is 0 Å². The molecule has 0 atom stereocenters. The molecular weight excluding hydrogens is 569 g/mol. The predicted molar refractivity (Wildman–Crippen MR) is 193 cm³/mol. The largest absolute Gasteiger partial charge is 0.457 e. The molecule has 1 heterocycles. The van der Waals surface area contributed by atoms with Gasteiger partial charge in [-0.15, -0.1) is 0 Å². The molecule has 1 heteroatoms. The van der Waals surface area contributed by atoms with Gasteiger partial charge in [0.2, 0.25) is 0 Å². The summed E-state index contributed by atoms with van der Waals surface area (Å²) in [7, 11) is 0. The number of para-hydroxylation sites is 1. The van der Waals surface area contributed by atoms with Gasteiger partial charge in [-0.05, 0) is 73.8 Å². The van der Waals surface area contributed by atoms with Gasteiger partial charge < -0.3 is 4.74 Å². The topological polar surface area (TPSA) is 9.23 Å². The highest BCUT2D eigenvalue weighted by molar-refractivity contribution is 5.95. The molecule has 0 bridgehead atoms. The maximum atomic E-state index is 6.33. The Hall–Kier alpha value is -5.66. The first kappa shape index (κ1) is 27.6. The lowest BCUT2D eigenvalue weighted by atomic mass is 9.67. The lowest BCUT2D eigenvalue weighted by molar-refractivity contribution is 0.418. The summed E-state index contributed by atoms with van der Waals surface area (Å²) in [6.45, 7) is 4.58. The SMILES string of the molecule is CC1(C)c2ccccc2Oc2ccc(-c3ccc(-c4cccc5c4-c4ccccc4C5(c4ccccc4)c4ccccc4)cc3)cc21. The lowest BCUT2D eigenvalue weighted by Gasteiger charge is -2.34. The molecule has 0 spiro atoms. The summed E-state index contributed by atoms with van der Waals surface area (Å²) in [5, 5.41) is 0. The van der Waals surface area contributed by atoms with Gasteiger partial charge in [-0.3, -0.25) is 0 Å². The van der Waals surface area contributed by atoms with Gasteiger partial charge in [0.05, 0.1) is 5.41 Å². The molecule has 0 N–H and O–H groups in total. The van der Waals surface area contributed by atoms with Crippen molar-refractivity contribution in [1.29, 1.82) is 0 Å². The molecule has 1 aliphatic carbocycles. The van der Waals surface area contributed by atoms with Crippen molar-refractivity contribution in [3.63, 3.8) is 0 Å². The number of benzene rings is 7. The summed E-state index contributed by atoms with van der Waals surface area (Å²) in [5.74, 6) is 1.88. The third kappa shape index (κ3) is 4.03. The zero-order chi connectivity index (χ0) is 31.6. The second kappa shape index (κ2) is 10.4. The molecule has 0 fully saturated rings. The van der Waals surface area contributed by atoms with Gasteiger partial charge >= 0.3 is 0 Å². The van der Waals surface area contributed by atoms with Gasteiger partial charge in [0.1, 0.15) is 11.5 Å². The Bertz CT molecular complexity index is 2240. The highest BCUT2D eigenvalue weighted by Gasteiger charge is 2.46. The van der Waals surface area contributed by atoms with E-state index in [1.165, 1.54) is 66.8 Å². The van der Waals surface area contributed by atoms with Crippen molar-refractivity contribution in [2.45, 2.75) is 24.7 Å². The van der Waals surface area contributed by atoms with E-state index in [-0.39, 0.29) is 5.41 Å². The summed E-state index contributed by atoms with van der Waals surface area (Å²) in [4.78, 5) is 0. The Labute approximate surface area is 276 Å². The zero-order valence-corrected chi connectivity index (χ0v) is 26.6. The van der Waals surface area contributed by atoms with E-state index in [1.54, 1.807) is 0 Å². The number of hydrogen-bond donors (Lipinski definition) is 0. The molecule has 7 aromatic rings. The number of ether oxygens (including phenoxy) is 1. The summed E-state index contributed by atoms with van der Waals surface area (Å²) in [6, 6.07) is 61.9. The lowest BCUT2D eigenvalue weighted by Crippen LogP contribution is -2.28. The van der Waals surface area contributed by atoms with Crippen LogP contribution in [0.25, 0.3) is 33.4 Å². The molecule has 1 aliphatic heterocycles. The minimum Gasteiger partial charge on any atom is -0.457 e. The highest BCUT2D eigenvalue weighted by Crippen LogP contribution is 2.58. The molecule has 9 rings (SSSR count). The second-order valence-corrected chi connectivity index (χ2v) is 13.3. The van der Waals surface area contributed by atoms with Crippen molar-refractivity contribution in [1.82, 2.24) is 0 Å². The second-order valence-electron chi connectivity index (χ2n) is 13.3. The number of hydrogen-bond acceptors (Lipinski definition) is 1. The first-order valence-corrected chi connectivity index (χ1v) is 16.4. The predicted octanol–water partition coefficient (Wildman–Crippen LogP) is 11.8.